The molecule has 0 unspecified atom stereocenters. The summed E-state index contributed by atoms with van der Waals surface area (Å²) in [5.41, 5.74) is 1.46. The summed E-state index contributed by atoms with van der Waals surface area (Å²) in [6.45, 7) is 11.8. The topological polar surface area (TPSA) is 95.4 Å². The standard InChI is InChI=1S/C26H36N4O3S/c1-6-30(7-2)24(33)15(3)18-8-11-26(5)14-19-21(16(4)20(26)22(18)31)28-25(34-19)29-23(32)17-9-12-27-13-10-17/h9-10,12-13,15-16,18,20,22,31H,6-8,11,14H2,1-5H3,(H,28,29,32)/t15-,16-,18+,20+,22-,26-/m0/s1. The Morgan fingerprint density at radius 2 is 1.97 bits per heavy atom. The van der Waals surface area contributed by atoms with Crippen LogP contribution < -0.4 is 5.32 Å². The Kier molecular flexibility index (Phi) is 7.10. The van der Waals surface area contributed by atoms with Crippen molar-refractivity contribution in [2.45, 2.75) is 65.9 Å². The summed E-state index contributed by atoms with van der Waals surface area (Å²) in [7, 11) is 0. The van der Waals surface area contributed by atoms with Gasteiger partial charge in [0.2, 0.25) is 5.91 Å². The first-order chi connectivity index (χ1) is 16.2. The fourth-order valence-electron chi connectivity index (χ4n) is 6.28. The predicted molar refractivity (Wildman–Crippen MR) is 134 cm³/mol. The minimum Gasteiger partial charge on any atom is -0.392 e. The monoisotopic (exact) mass is 484 g/mol. The van der Waals surface area contributed by atoms with E-state index in [9.17, 15) is 14.7 Å². The molecule has 0 bridgehead atoms. The molecule has 1 fully saturated rings. The van der Waals surface area contributed by atoms with Crippen molar-refractivity contribution >= 4 is 28.3 Å². The van der Waals surface area contributed by atoms with E-state index >= 15 is 0 Å². The van der Waals surface area contributed by atoms with Crippen LogP contribution in [0, 0.1) is 23.2 Å². The number of carbonyl (C=O) groups excluding carboxylic acids is 2. The second kappa shape index (κ2) is 9.74. The molecule has 0 saturated heterocycles. The summed E-state index contributed by atoms with van der Waals surface area (Å²) < 4.78 is 0. The van der Waals surface area contributed by atoms with Crippen molar-refractivity contribution in [1.82, 2.24) is 14.9 Å². The molecule has 2 N–H and O–H groups in total. The zero-order chi connectivity index (χ0) is 24.6. The Morgan fingerprint density at radius 1 is 1.29 bits per heavy atom. The number of hydrogen-bond donors (Lipinski definition) is 2. The fraction of sp³-hybridized carbons (Fsp3) is 0.615. The van der Waals surface area contributed by atoms with Crippen molar-refractivity contribution in [3.05, 3.63) is 40.7 Å². The van der Waals surface area contributed by atoms with Gasteiger partial charge in [-0.2, -0.15) is 0 Å². The number of hydrogen-bond acceptors (Lipinski definition) is 6. The molecular formula is C26H36N4O3S. The molecule has 0 aliphatic heterocycles. The zero-order valence-corrected chi connectivity index (χ0v) is 21.6. The number of aliphatic hydroxyl groups excluding tert-OH is 1. The van der Waals surface area contributed by atoms with E-state index in [2.05, 4.69) is 24.1 Å². The molecule has 0 spiro atoms. The van der Waals surface area contributed by atoms with Crippen LogP contribution in [0.25, 0.3) is 0 Å². The summed E-state index contributed by atoms with van der Waals surface area (Å²) in [5.74, 6) is -0.259. The molecule has 2 amide bonds. The molecular weight excluding hydrogens is 448 g/mol. The molecule has 4 rings (SSSR count). The highest BCUT2D eigenvalue weighted by molar-refractivity contribution is 7.15. The third-order valence-electron chi connectivity index (χ3n) is 8.19. The van der Waals surface area contributed by atoms with E-state index in [4.69, 9.17) is 4.98 Å². The summed E-state index contributed by atoms with van der Waals surface area (Å²) in [6.07, 6.45) is 5.28. The number of anilines is 1. The maximum atomic E-state index is 13.1. The summed E-state index contributed by atoms with van der Waals surface area (Å²) in [5, 5.41) is 15.1. The van der Waals surface area contributed by atoms with Gasteiger partial charge in [-0.25, -0.2) is 4.98 Å². The van der Waals surface area contributed by atoms with Gasteiger partial charge in [0.25, 0.3) is 5.91 Å². The summed E-state index contributed by atoms with van der Waals surface area (Å²) in [6, 6.07) is 3.36. The highest BCUT2D eigenvalue weighted by atomic mass is 32.1. The van der Waals surface area contributed by atoms with E-state index in [1.807, 2.05) is 25.7 Å². The molecule has 0 radical (unpaired) electrons. The lowest BCUT2D eigenvalue weighted by molar-refractivity contribution is -0.144. The molecule has 6 atom stereocenters. The third kappa shape index (κ3) is 4.38. The van der Waals surface area contributed by atoms with Crippen LogP contribution in [-0.4, -0.2) is 51.0 Å². The molecule has 8 heteroatoms. The number of aromatic nitrogens is 2. The van der Waals surface area contributed by atoms with Crippen LogP contribution in [0.15, 0.2) is 24.5 Å². The Labute approximate surface area is 206 Å². The maximum absolute atomic E-state index is 13.1. The number of fused-ring (bicyclic) bond motifs is 2. The van der Waals surface area contributed by atoms with E-state index < -0.39 is 6.10 Å². The van der Waals surface area contributed by atoms with Crippen LogP contribution in [0.3, 0.4) is 0 Å². The first-order valence-electron chi connectivity index (χ1n) is 12.4. The van der Waals surface area contributed by atoms with Gasteiger partial charge < -0.3 is 10.0 Å². The third-order valence-corrected chi connectivity index (χ3v) is 9.18. The van der Waals surface area contributed by atoms with Gasteiger partial charge in [-0.05, 0) is 62.5 Å². The lowest BCUT2D eigenvalue weighted by atomic mass is 9.53. The van der Waals surface area contributed by atoms with Gasteiger partial charge in [0.05, 0.1) is 11.8 Å². The van der Waals surface area contributed by atoms with Crippen LogP contribution in [-0.2, 0) is 11.2 Å². The maximum Gasteiger partial charge on any atom is 0.257 e. The number of nitrogens with zero attached hydrogens (tertiary/aromatic N) is 3. The van der Waals surface area contributed by atoms with E-state index in [0.717, 1.165) is 25.0 Å². The van der Waals surface area contributed by atoms with E-state index in [1.54, 1.807) is 24.5 Å². The Morgan fingerprint density at radius 3 is 2.62 bits per heavy atom. The molecule has 184 valence electrons. The number of amides is 2. The Balaban J connectivity index is 1.55. The second-order valence-corrected chi connectivity index (χ2v) is 11.2. The minimum absolute atomic E-state index is 0.0246. The highest BCUT2D eigenvalue weighted by Gasteiger charge is 2.54. The predicted octanol–water partition coefficient (Wildman–Crippen LogP) is 4.35. The SMILES string of the molecule is CCN(CC)C(=O)[C@@H](C)[C@H]1CC[C@@]2(C)Cc3sc(NC(=O)c4ccncc4)nc3[C@@H](C)[C@@H]2[C@H]1O. The van der Waals surface area contributed by atoms with Gasteiger partial charge in [0, 0.05) is 47.8 Å². The van der Waals surface area contributed by atoms with Crippen LogP contribution in [0.5, 0.6) is 0 Å². The van der Waals surface area contributed by atoms with Gasteiger partial charge >= 0.3 is 0 Å². The Bertz CT molecular complexity index is 1040. The van der Waals surface area contributed by atoms with Gasteiger partial charge in [0.1, 0.15) is 0 Å². The average Bonchev–Trinajstić information content (AvgIpc) is 3.21. The number of carbonyl (C=O) groups is 2. The average molecular weight is 485 g/mol. The van der Waals surface area contributed by atoms with Crippen molar-refractivity contribution < 1.29 is 14.7 Å². The van der Waals surface area contributed by atoms with E-state index in [1.165, 1.54) is 16.2 Å². The molecule has 0 aromatic carbocycles. The Hall–Kier alpha value is -2.32. The largest absolute Gasteiger partial charge is 0.392 e. The number of nitrogens with one attached hydrogen (secondary N) is 1. The van der Waals surface area contributed by atoms with Gasteiger partial charge in [-0.15, -0.1) is 11.3 Å². The molecule has 7 nitrogen and oxygen atoms in total. The van der Waals surface area contributed by atoms with Crippen LogP contribution in [0.1, 0.15) is 74.3 Å². The van der Waals surface area contributed by atoms with Crippen molar-refractivity contribution in [3.63, 3.8) is 0 Å². The van der Waals surface area contributed by atoms with Crippen molar-refractivity contribution in [2.75, 3.05) is 18.4 Å². The lowest BCUT2D eigenvalue weighted by Gasteiger charge is -2.53. The normalized spacial score (nSPS) is 29.0. The molecule has 1 saturated carbocycles. The minimum atomic E-state index is -0.562. The van der Waals surface area contributed by atoms with Crippen molar-refractivity contribution in [2.24, 2.45) is 23.2 Å². The molecule has 2 heterocycles. The van der Waals surface area contributed by atoms with Crippen LogP contribution >= 0.6 is 11.3 Å². The van der Waals surface area contributed by atoms with Crippen LogP contribution in [0.2, 0.25) is 0 Å². The van der Waals surface area contributed by atoms with Gasteiger partial charge in [-0.3, -0.25) is 19.9 Å². The summed E-state index contributed by atoms with van der Waals surface area (Å²) >= 11 is 1.54. The second-order valence-electron chi connectivity index (χ2n) is 10.2. The first-order valence-corrected chi connectivity index (χ1v) is 13.2. The van der Waals surface area contributed by atoms with Crippen molar-refractivity contribution in [1.29, 1.82) is 0 Å². The smallest absolute Gasteiger partial charge is 0.257 e. The van der Waals surface area contributed by atoms with Gasteiger partial charge in [0.15, 0.2) is 5.13 Å². The molecule has 34 heavy (non-hydrogen) atoms. The molecule has 2 aliphatic rings. The first kappa shape index (κ1) is 24.8. The molecule has 2 aromatic rings. The quantitative estimate of drug-likeness (QED) is 0.636. The molecule has 2 aliphatic carbocycles. The highest BCUT2D eigenvalue weighted by Crippen LogP contribution is 2.57. The van der Waals surface area contributed by atoms with Crippen molar-refractivity contribution in [3.8, 4) is 0 Å². The zero-order valence-electron chi connectivity index (χ0n) is 20.7. The number of thiazole rings is 1. The molecule has 2 aromatic heterocycles. The number of rotatable bonds is 6. The van der Waals surface area contributed by atoms with E-state index in [0.29, 0.717) is 23.8 Å². The lowest BCUT2D eigenvalue weighted by Crippen LogP contribution is -2.53. The number of aliphatic hydroxyl groups is 1. The van der Waals surface area contributed by atoms with E-state index in [-0.39, 0.29) is 40.9 Å². The fourth-order valence-corrected chi connectivity index (χ4v) is 7.54. The number of pyridine rings is 1. The van der Waals surface area contributed by atoms with Gasteiger partial charge in [-0.1, -0.05) is 20.8 Å². The summed E-state index contributed by atoms with van der Waals surface area (Å²) in [4.78, 5) is 37.5. The van der Waals surface area contributed by atoms with Crippen LogP contribution in [0.4, 0.5) is 5.13 Å².